The Kier molecular flexibility index (Phi) is 6.80. The fourth-order valence-corrected chi connectivity index (χ4v) is 2.65. The number of imide groups is 2. The van der Waals surface area contributed by atoms with Crippen LogP contribution in [-0.4, -0.2) is 58.1 Å². The predicted molar refractivity (Wildman–Crippen MR) is 89.1 cm³/mol. The minimum Gasteiger partial charge on any atom is -0.354 e. The van der Waals surface area contributed by atoms with Crippen LogP contribution in [-0.2, 0) is 33.6 Å². The molecule has 0 bridgehead atoms. The van der Waals surface area contributed by atoms with Gasteiger partial charge in [0.05, 0.1) is 0 Å². The van der Waals surface area contributed by atoms with E-state index in [1.165, 1.54) is 6.92 Å². The molecule has 1 saturated heterocycles. The molecule has 0 unspecified atom stereocenters. The maximum absolute atomic E-state index is 12.0. The van der Waals surface area contributed by atoms with Crippen molar-refractivity contribution in [1.82, 2.24) is 15.3 Å². The van der Waals surface area contributed by atoms with Gasteiger partial charge in [-0.25, -0.2) is 4.79 Å². The molecule has 1 fully saturated rings. The lowest BCUT2D eigenvalue weighted by atomic mass is 10.2. The molecule has 10 heteroatoms. The van der Waals surface area contributed by atoms with Gasteiger partial charge in [0.15, 0.2) is 0 Å². The quantitative estimate of drug-likeness (QED) is 0.425. The van der Waals surface area contributed by atoms with Gasteiger partial charge in [-0.15, -0.1) is 5.06 Å². The van der Waals surface area contributed by atoms with Crippen LogP contribution < -0.4 is 5.32 Å². The molecule has 0 aromatic carbocycles. The highest BCUT2D eigenvalue weighted by Crippen LogP contribution is 2.13. The Hall–Kier alpha value is -3.04. The van der Waals surface area contributed by atoms with Gasteiger partial charge < -0.3 is 10.2 Å². The average molecular weight is 379 g/mol. The normalized spacial score (nSPS) is 17.7. The van der Waals surface area contributed by atoms with Crippen LogP contribution in [0.1, 0.15) is 45.4 Å². The van der Waals surface area contributed by atoms with E-state index in [2.05, 4.69) is 5.32 Å². The Bertz CT molecular complexity index is 667. The third-order valence-corrected chi connectivity index (χ3v) is 4.17. The molecule has 0 aromatic rings. The molecule has 2 aliphatic heterocycles. The van der Waals surface area contributed by atoms with Gasteiger partial charge in [0, 0.05) is 38.0 Å². The summed E-state index contributed by atoms with van der Waals surface area (Å²) in [6, 6.07) is -0.898. The van der Waals surface area contributed by atoms with Crippen LogP contribution in [0, 0.1) is 0 Å². The highest BCUT2D eigenvalue weighted by atomic mass is 16.7. The summed E-state index contributed by atoms with van der Waals surface area (Å²) in [5, 5.41) is 3.15. The highest BCUT2D eigenvalue weighted by Gasteiger charge is 2.33. The van der Waals surface area contributed by atoms with E-state index in [0.717, 1.165) is 17.1 Å². The lowest BCUT2D eigenvalue weighted by molar-refractivity contribution is -0.197. The first-order chi connectivity index (χ1) is 12.8. The molecule has 0 radical (unpaired) electrons. The summed E-state index contributed by atoms with van der Waals surface area (Å²) in [6.45, 7) is 1.79. The van der Waals surface area contributed by atoms with Gasteiger partial charge >= 0.3 is 5.97 Å². The second-order valence-corrected chi connectivity index (χ2v) is 6.20. The molecule has 2 heterocycles. The molecular weight excluding hydrogens is 358 g/mol. The molecule has 27 heavy (non-hydrogen) atoms. The Morgan fingerprint density at radius 2 is 1.63 bits per heavy atom. The molecular formula is C17H21N3O7. The number of nitrogens with one attached hydrogen (secondary N) is 1. The summed E-state index contributed by atoms with van der Waals surface area (Å²) < 4.78 is 0. The van der Waals surface area contributed by atoms with Crippen LogP contribution in [0.2, 0.25) is 0 Å². The van der Waals surface area contributed by atoms with E-state index in [1.54, 1.807) is 0 Å². The lowest BCUT2D eigenvalue weighted by Crippen LogP contribution is -2.48. The maximum atomic E-state index is 12.0. The molecule has 0 saturated carbocycles. The smallest absolute Gasteiger partial charge is 0.333 e. The van der Waals surface area contributed by atoms with Crippen molar-refractivity contribution in [3.63, 3.8) is 0 Å². The zero-order valence-electron chi connectivity index (χ0n) is 14.9. The zero-order valence-corrected chi connectivity index (χ0v) is 14.9. The molecule has 2 aliphatic rings. The number of carbonyl (C=O) groups is 6. The molecule has 0 spiro atoms. The van der Waals surface area contributed by atoms with Gasteiger partial charge in [-0.1, -0.05) is 6.42 Å². The van der Waals surface area contributed by atoms with Crippen molar-refractivity contribution in [3.8, 4) is 0 Å². The number of nitrogens with zero attached hydrogens (tertiary/aromatic N) is 2. The molecule has 1 N–H and O–H groups in total. The fraction of sp³-hybridized carbons (Fsp3) is 0.529. The molecule has 1 atom stereocenters. The monoisotopic (exact) mass is 379 g/mol. The molecule has 0 aliphatic carbocycles. The van der Waals surface area contributed by atoms with E-state index >= 15 is 0 Å². The number of unbranched alkanes of at least 4 members (excludes halogenated alkanes) is 2. The SMILES string of the molecule is C[C@H](C(=O)NCCCCCC(=O)ON1C(=O)CCC1=O)N1C(=O)C=CC1=O. The largest absolute Gasteiger partial charge is 0.354 e. The molecule has 5 amide bonds. The van der Waals surface area contributed by atoms with Crippen LogP contribution >= 0.6 is 0 Å². The minimum atomic E-state index is -0.898. The van der Waals surface area contributed by atoms with Crippen molar-refractivity contribution in [3.05, 3.63) is 12.2 Å². The van der Waals surface area contributed by atoms with Gasteiger partial charge in [0.2, 0.25) is 5.91 Å². The molecule has 10 nitrogen and oxygen atoms in total. The van der Waals surface area contributed by atoms with E-state index in [0.29, 0.717) is 30.9 Å². The Labute approximate surface area is 155 Å². The van der Waals surface area contributed by atoms with Crippen molar-refractivity contribution in [2.24, 2.45) is 0 Å². The average Bonchev–Trinajstić information content (AvgIpc) is 3.12. The maximum Gasteiger partial charge on any atom is 0.333 e. The van der Waals surface area contributed by atoms with Crippen LogP contribution in [0.4, 0.5) is 0 Å². The number of hydrogen-bond acceptors (Lipinski definition) is 7. The molecule has 0 aromatic heterocycles. The Morgan fingerprint density at radius 1 is 1.04 bits per heavy atom. The fourth-order valence-electron chi connectivity index (χ4n) is 2.65. The Morgan fingerprint density at radius 3 is 2.22 bits per heavy atom. The van der Waals surface area contributed by atoms with Crippen molar-refractivity contribution in [2.45, 2.75) is 51.5 Å². The summed E-state index contributed by atoms with van der Waals surface area (Å²) in [5.41, 5.74) is 0. The van der Waals surface area contributed by atoms with E-state index in [9.17, 15) is 28.8 Å². The standard InChI is InChI=1S/C17H21N3O7/c1-11(19-12(21)6-7-13(19)22)17(26)18-10-4-2-3-5-16(25)27-20-14(23)8-9-15(20)24/h6-7,11H,2-5,8-10H2,1H3,(H,18,26)/t11-/m1/s1. The van der Waals surface area contributed by atoms with Crippen LogP contribution in [0.3, 0.4) is 0 Å². The predicted octanol–water partition coefficient (Wildman–Crippen LogP) is -0.416. The number of amides is 5. The van der Waals surface area contributed by atoms with Gasteiger partial charge in [-0.2, -0.15) is 0 Å². The summed E-state index contributed by atoms with van der Waals surface area (Å²) in [6.07, 6.45) is 4.03. The summed E-state index contributed by atoms with van der Waals surface area (Å²) in [7, 11) is 0. The van der Waals surface area contributed by atoms with Crippen molar-refractivity contribution >= 4 is 35.5 Å². The van der Waals surface area contributed by atoms with Gasteiger partial charge in [-0.3, -0.25) is 28.9 Å². The van der Waals surface area contributed by atoms with Gasteiger partial charge in [0.1, 0.15) is 6.04 Å². The highest BCUT2D eigenvalue weighted by molar-refractivity contribution is 6.15. The number of carbonyl (C=O) groups excluding carboxylic acids is 6. The van der Waals surface area contributed by atoms with E-state index in [1.807, 2.05) is 0 Å². The second-order valence-electron chi connectivity index (χ2n) is 6.20. The van der Waals surface area contributed by atoms with Crippen LogP contribution in [0.5, 0.6) is 0 Å². The summed E-state index contributed by atoms with van der Waals surface area (Å²) >= 11 is 0. The third kappa shape index (κ3) is 5.22. The molecule has 146 valence electrons. The number of rotatable bonds is 9. The first-order valence-electron chi connectivity index (χ1n) is 8.70. The lowest BCUT2D eigenvalue weighted by Gasteiger charge is -2.21. The zero-order chi connectivity index (χ0) is 20.0. The number of hydrogen-bond donors (Lipinski definition) is 1. The van der Waals surface area contributed by atoms with Crippen molar-refractivity contribution < 1.29 is 33.6 Å². The van der Waals surface area contributed by atoms with Crippen LogP contribution in [0.15, 0.2) is 12.2 Å². The summed E-state index contributed by atoms with van der Waals surface area (Å²) in [4.78, 5) is 74.9. The van der Waals surface area contributed by atoms with E-state index < -0.39 is 41.5 Å². The topological polar surface area (TPSA) is 130 Å². The van der Waals surface area contributed by atoms with Gasteiger partial charge in [-0.05, 0) is 19.8 Å². The minimum absolute atomic E-state index is 0.0455. The molecule has 2 rings (SSSR count). The van der Waals surface area contributed by atoms with E-state index in [4.69, 9.17) is 4.84 Å². The third-order valence-electron chi connectivity index (χ3n) is 4.17. The number of hydroxylamine groups is 2. The van der Waals surface area contributed by atoms with E-state index in [-0.39, 0.29) is 19.3 Å². The summed E-state index contributed by atoms with van der Waals surface area (Å²) in [5.74, 6) is -3.17. The first-order valence-corrected chi connectivity index (χ1v) is 8.70. The Balaban J connectivity index is 1.58. The van der Waals surface area contributed by atoms with Crippen molar-refractivity contribution in [1.29, 1.82) is 0 Å². The van der Waals surface area contributed by atoms with Gasteiger partial charge in [0.25, 0.3) is 23.6 Å². The van der Waals surface area contributed by atoms with Crippen molar-refractivity contribution in [2.75, 3.05) is 6.54 Å². The second kappa shape index (κ2) is 9.06. The van der Waals surface area contributed by atoms with Crippen LogP contribution in [0.25, 0.3) is 0 Å². The first kappa shape index (κ1) is 20.3.